The quantitative estimate of drug-likeness (QED) is 0.745. The molecule has 0 aliphatic heterocycles. The van der Waals surface area contributed by atoms with Crippen LogP contribution in [0.25, 0.3) is 0 Å². The number of pyridine rings is 1. The lowest BCUT2D eigenvalue weighted by atomic mass is 10.2. The van der Waals surface area contributed by atoms with Crippen molar-refractivity contribution in [1.82, 2.24) is 4.98 Å². The van der Waals surface area contributed by atoms with Gasteiger partial charge in [-0.1, -0.05) is 0 Å². The molecule has 0 spiro atoms. The average molecular weight is 235 g/mol. The van der Waals surface area contributed by atoms with E-state index in [0.29, 0.717) is 11.7 Å². The standard InChI is InChI=1S/C10H13ClF2N2/c1-7-3-8(5-11)4-10(14-7)15(2)6-9(12)13/h3-4,9H,5-6H2,1-2H3. The first-order valence-corrected chi connectivity index (χ1v) is 5.09. The lowest BCUT2D eigenvalue weighted by Crippen LogP contribution is -2.25. The maximum absolute atomic E-state index is 12.2. The van der Waals surface area contributed by atoms with Crippen LogP contribution in [0.15, 0.2) is 12.1 Å². The summed E-state index contributed by atoms with van der Waals surface area (Å²) in [4.78, 5) is 5.59. The topological polar surface area (TPSA) is 16.1 Å². The summed E-state index contributed by atoms with van der Waals surface area (Å²) in [6.45, 7) is 1.49. The average Bonchev–Trinajstić information content (AvgIpc) is 2.15. The zero-order valence-corrected chi connectivity index (χ0v) is 9.43. The Balaban J connectivity index is 2.88. The van der Waals surface area contributed by atoms with Gasteiger partial charge in [-0.3, -0.25) is 0 Å². The molecule has 1 rings (SSSR count). The molecule has 0 aromatic carbocycles. The van der Waals surface area contributed by atoms with Crippen molar-refractivity contribution in [2.75, 3.05) is 18.5 Å². The fourth-order valence-corrected chi connectivity index (χ4v) is 1.45. The summed E-state index contributed by atoms with van der Waals surface area (Å²) in [7, 11) is 1.59. The monoisotopic (exact) mass is 234 g/mol. The van der Waals surface area contributed by atoms with Gasteiger partial charge in [0.1, 0.15) is 5.82 Å². The van der Waals surface area contributed by atoms with Gasteiger partial charge in [-0.15, -0.1) is 11.6 Å². The second kappa shape index (κ2) is 5.26. The van der Waals surface area contributed by atoms with Crippen LogP contribution in [0.3, 0.4) is 0 Å². The summed E-state index contributed by atoms with van der Waals surface area (Å²) in [5.74, 6) is 0.893. The number of rotatable bonds is 4. The molecule has 0 bridgehead atoms. The highest BCUT2D eigenvalue weighted by molar-refractivity contribution is 6.17. The Bertz CT molecular complexity index is 331. The van der Waals surface area contributed by atoms with E-state index in [4.69, 9.17) is 11.6 Å². The first-order valence-electron chi connectivity index (χ1n) is 4.55. The van der Waals surface area contributed by atoms with Crippen molar-refractivity contribution < 1.29 is 8.78 Å². The van der Waals surface area contributed by atoms with Crippen LogP contribution < -0.4 is 4.90 Å². The number of alkyl halides is 3. The van der Waals surface area contributed by atoms with E-state index in [-0.39, 0.29) is 6.54 Å². The van der Waals surface area contributed by atoms with Crippen molar-refractivity contribution in [2.45, 2.75) is 19.2 Å². The Labute approximate surface area is 92.9 Å². The minimum absolute atomic E-state index is 0.321. The number of hydrogen-bond donors (Lipinski definition) is 0. The van der Waals surface area contributed by atoms with Gasteiger partial charge >= 0.3 is 0 Å². The molecule has 0 N–H and O–H groups in total. The predicted octanol–water partition coefficient (Wildman–Crippen LogP) is 2.83. The highest BCUT2D eigenvalue weighted by atomic mass is 35.5. The number of halogens is 3. The van der Waals surface area contributed by atoms with E-state index in [9.17, 15) is 8.78 Å². The minimum Gasteiger partial charge on any atom is -0.354 e. The number of aromatic nitrogens is 1. The summed E-state index contributed by atoms with van der Waals surface area (Å²) >= 11 is 5.69. The highest BCUT2D eigenvalue weighted by Crippen LogP contribution is 2.16. The maximum Gasteiger partial charge on any atom is 0.255 e. The van der Waals surface area contributed by atoms with E-state index in [1.807, 2.05) is 13.0 Å². The van der Waals surface area contributed by atoms with Crippen molar-refractivity contribution in [3.05, 3.63) is 23.4 Å². The van der Waals surface area contributed by atoms with Gasteiger partial charge in [-0.2, -0.15) is 0 Å². The van der Waals surface area contributed by atoms with Crippen molar-refractivity contribution in [3.63, 3.8) is 0 Å². The van der Waals surface area contributed by atoms with Crippen LogP contribution in [0, 0.1) is 6.92 Å². The van der Waals surface area contributed by atoms with Gasteiger partial charge < -0.3 is 4.90 Å². The largest absolute Gasteiger partial charge is 0.354 e. The minimum atomic E-state index is -2.36. The molecule has 0 saturated heterocycles. The van der Waals surface area contributed by atoms with E-state index in [2.05, 4.69) is 4.98 Å². The van der Waals surface area contributed by atoms with E-state index < -0.39 is 6.43 Å². The molecule has 1 aromatic heterocycles. The van der Waals surface area contributed by atoms with Crippen molar-refractivity contribution in [2.24, 2.45) is 0 Å². The predicted molar refractivity (Wildman–Crippen MR) is 57.8 cm³/mol. The summed E-state index contributed by atoms with van der Waals surface area (Å²) in [5.41, 5.74) is 1.67. The van der Waals surface area contributed by atoms with Crippen LogP contribution in [0.1, 0.15) is 11.3 Å². The summed E-state index contributed by atoms with van der Waals surface area (Å²) < 4.78 is 24.3. The van der Waals surface area contributed by atoms with Gasteiger partial charge in [-0.25, -0.2) is 13.8 Å². The molecule has 1 aromatic rings. The van der Waals surface area contributed by atoms with Gasteiger partial charge in [-0.05, 0) is 24.6 Å². The molecule has 0 aliphatic carbocycles. The van der Waals surface area contributed by atoms with Crippen LogP contribution in [0.2, 0.25) is 0 Å². The van der Waals surface area contributed by atoms with Gasteiger partial charge in [0.05, 0.1) is 6.54 Å². The summed E-state index contributed by atoms with van der Waals surface area (Å²) in [6, 6.07) is 3.56. The molecule has 0 atom stereocenters. The number of aryl methyl sites for hydroxylation is 1. The van der Waals surface area contributed by atoms with Gasteiger partial charge in [0.25, 0.3) is 6.43 Å². The second-order valence-corrected chi connectivity index (χ2v) is 3.65. The molecule has 15 heavy (non-hydrogen) atoms. The van der Waals surface area contributed by atoms with Crippen LogP contribution in [0.4, 0.5) is 14.6 Å². The molecular formula is C10H13ClF2N2. The summed E-state index contributed by atoms with van der Waals surface area (Å²) in [6.07, 6.45) is -2.36. The van der Waals surface area contributed by atoms with Crippen LogP contribution >= 0.6 is 11.6 Å². The molecule has 1 heterocycles. The molecule has 0 amide bonds. The number of anilines is 1. The van der Waals surface area contributed by atoms with Crippen molar-refractivity contribution in [1.29, 1.82) is 0 Å². The molecule has 0 unspecified atom stereocenters. The SMILES string of the molecule is Cc1cc(CCl)cc(N(C)CC(F)F)n1. The molecule has 5 heteroatoms. The molecular weight excluding hydrogens is 222 g/mol. The lowest BCUT2D eigenvalue weighted by Gasteiger charge is -2.18. The fourth-order valence-electron chi connectivity index (χ4n) is 1.29. The van der Waals surface area contributed by atoms with Gasteiger partial charge in [0.2, 0.25) is 0 Å². The van der Waals surface area contributed by atoms with Crippen LogP contribution in [0.5, 0.6) is 0 Å². The van der Waals surface area contributed by atoms with Crippen LogP contribution in [-0.4, -0.2) is 25.0 Å². The Morgan fingerprint density at radius 3 is 2.67 bits per heavy atom. The fraction of sp³-hybridized carbons (Fsp3) is 0.500. The van der Waals surface area contributed by atoms with Crippen LogP contribution in [-0.2, 0) is 5.88 Å². The zero-order valence-electron chi connectivity index (χ0n) is 8.67. The highest BCUT2D eigenvalue weighted by Gasteiger charge is 2.10. The van der Waals surface area contributed by atoms with Crippen molar-refractivity contribution in [3.8, 4) is 0 Å². The Morgan fingerprint density at radius 1 is 1.47 bits per heavy atom. The molecule has 0 radical (unpaired) electrons. The normalized spacial score (nSPS) is 10.8. The summed E-state index contributed by atoms with van der Waals surface area (Å²) in [5, 5.41) is 0. The van der Waals surface area contributed by atoms with E-state index >= 15 is 0 Å². The third-order valence-electron chi connectivity index (χ3n) is 1.96. The molecule has 0 aliphatic rings. The first kappa shape index (κ1) is 12.2. The van der Waals surface area contributed by atoms with E-state index in [1.54, 1.807) is 13.1 Å². The third kappa shape index (κ3) is 3.63. The molecule has 84 valence electrons. The zero-order chi connectivity index (χ0) is 11.4. The Morgan fingerprint density at radius 2 is 2.13 bits per heavy atom. The maximum atomic E-state index is 12.2. The number of hydrogen-bond acceptors (Lipinski definition) is 2. The molecule has 0 fully saturated rings. The molecule has 2 nitrogen and oxygen atoms in total. The van der Waals surface area contributed by atoms with Gasteiger partial charge in [0.15, 0.2) is 0 Å². The van der Waals surface area contributed by atoms with Gasteiger partial charge in [0, 0.05) is 18.6 Å². The first-order chi connectivity index (χ1) is 7.02. The smallest absolute Gasteiger partial charge is 0.255 e. The Kier molecular flexibility index (Phi) is 4.27. The second-order valence-electron chi connectivity index (χ2n) is 3.38. The van der Waals surface area contributed by atoms with E-state index in [1.165, 1.54) is 4.90 Å². The Hall–Kier alpha value is -0.900. The lowest BCUT2D eigenvalue weighted by molar-refractivity contribution is 0.156. The molecule has 0 saturated carbocycles. The van der Waals surface area contributed by atoms with Crippen molar-refractivity contribution >= 4 is 17.4 Å². The van der Waals surface area contributed by atoms with E-state index in [0.717, 1.165) is 11.3 Å². The number of nitrogens with zero attached hydrogens (tertiary/aromatic N) is 2. The third-order valence-corrected chi connectivity index (χ3v) is 2.27.